The van der Waals surface area contributed by atoms with Crippen LogP contribution in [0.2, 0.25) is 0 Å². The van der Waals surface area contributed by atoms with Crippen molar-refractivity contribution in [1.29, 1.82) is 0 Å². The summed E-state index contributed by atoms with van der Waals surface area (Å²) in [6, 6.07) is 12.0. The molecule has 11 heteroatoms. The minimum absolute atomic E-state index is 0.0428. The van der Waals surface area contributed by atoms with Crippen LogP contribution in [0.15, 0.2) is 42.5 Å². The van der Waals surface area contributed by atoms with Gasteiger partial charge in [-0.05, 0) is 23.9 Å². The molecule has 0 atom stereocenters. The molecule has 0 saturated carbocycles. The summed E-state index contributed by atoms with van der Waals surface area (Å²) in [6.45, 7) is -0.514. The minimum atomic E-state index is -0.653. The van der Waals surface area contributed by atoms with Crippen LogP contribution in [0.25, 0.3) is 10.8 Å². The molecule has 1 N–H and O–H groups in total. The molecule has 1 aromatic heterocycles. The predicted octanol–water partition coefficient (Wildman–Crippen LogP) is 2.21. The fourth-order valence-electron chi connectivity index (χ4n) is 3.71. The molecular formula is C24H22N4O7. The number of esters is 1. The lowest BCUT2D eigenvalue weighted by atomic mass is 9.94. The molecule has 2 heterocycles. The van der Waals surface area contributed by atoms with Crippen molar-refractivity contribution in [2.24, 2.45) is 0 Å². The maximum atomic E-state index is 12.9. The van der Waals surface area contributed by atoms with Crippen molar-refractivity contribution in [3.63, 3.8) is 0 Å². The number of rotatable bonds is 9. The van der Waals surface area contributed by atoms with E-state index in [1.54, 1.807) is 24.3 Å². The van der Waals surface area contributed by atoms with E-state index in [1.165, 1.54) is 20.3 Å². The van der Waals surface area contributed by atoms with Gasteiger partial charge in [0.25, 0.3) is 17.7 Å². The van der Waals surface area contributed by atoms with E-state index in [-0.39, 0.29) is 37.1 Å². The van der Waals surface area contributed by atoms with E-state index in [4.69, 9.17) is 14.2 Å². The molecule has 0 bridgehead atoms. The number of amides is 3. The number of hydrogen-bond acceptors (Lipinski definition) is 9. The Kier molecular flexibility index (Phi) is 6.86. The Hall–Kier alpha value is -4.54. The number of imide groups is 1. The second-order valence-electron chi connectivity index (χ2n) is 7.56. The van der Waals surface area contributed by atoms with Gasteiger partial charge in [-0.3, -0.25) is 29.4 Å². The molecule has 11 nitrogen and oxygen atoms in total. The molecule has 0 aliphatic carbocycles. The fraction of sp³-hybridized carbons (Fsp3) is 0.250. The Morgan fingerprint density at radius 2 is 1.54 bits per heavy atom. The van der Waals surface area contributed by atoms with Crippen LogP contribution < -0.4 is 14.8 Å². The summed E-state index contributed by atoms with van der Waals surface area (Å²) in [5.41, 5.74) is 0.904. The smallest absolute Gasteiger partial charge is 0.306 e. The molecule has 3 aromatic rings. The number of ether oxygens (including phenoxy) is 3. The lowest BCUT2D eigenvalue weighted by Crippen LogP contribution is -2.41. The van der Waals surface area contributed by atoms with Crippen molar-refractivity contribution in [3.05, 3.63) is 53.6 Å². The zero-order valence-electron chi connectivity index (χ0n) is 19.1. The maximum Gasteiger partial charge on any atom is 0.306 e. The first-order valence-electron chi connectivity index (χ1n) is 10.7. The van der Waals surface area contributed by atoms with Gasteiger partial charge in [0, 0.05) is 29.5 Å². The molecule has 2 aromatic carbocycles. The lowest BCUT2D eigenvalue weighted by molar-refractivity contribution is -0.147. The zero-order chi connectivity index (χ0) is 24.9. The molecule has 3 amide bonds. The Labute approximate surface area is 200 Å². The van der Waals surface area contributed by atoms with Crippen molar-refractivity contribution in [2.75, 3.05) is 32.7 Å². The van der Waals surface area contributed by atoms with Crippen LogP contribution in [0, 0.1) is 0 Å². The highest BCUT2D eigenvalue weighted by Gasteiger charge is 2.32. The van der Waals surface area contributed by atoms with Gasteiger partial charge in [0.1, 0.15) is 0 Å². The van der Waals surface area contributed by atoms with Crippen molar-refractivity contribution < 1.29 is 33.4 Å². The second kappa shape index (κ2) is 10.2. The SMILES string of the molecule is COc1cc(OC)nc(NC(=O)COC(=O)CCCN2C(=O)c3cccc4cccc(c34)C2=O)n1. The normalized spacial score (nSPS) is 12.5. The Morgan fingerprint density at radius 1 is 0.943 bits per heavy atom. The highest BCUT2D eigenvalue weighted by Crippen LogP contribution is 2.30. The van der Waals surface area contributed by atoms with Crippen molar-refractivity contribution in [2.45, 2.75) is 12.8 Å². The third kappa shape index (κ3) is 5.03. The van der Waals surface area contributed by atoms with Crippen molar-refractivity contribution in [1.82, 2.24) is 14.9 Å². The first-order chi connectivity index (χ1) is 16.9. The molecule has 1 aliphatic rings. The number of nitrogens with zero attached hydrogens (tertiary/aromatic N) is 3. The van der Waals surface area contributed by atoms with Crippen LogP contribution >= 0.6 is 0 Å². The first-order valence-corrected chi connectivity index (χ1v) is 10.7. The minimum Gasteiger partial charge on any atom is -0.481 e. The lowest BCUT2D eigenvalue weighted by Gasteiger charge is -2.27. The van der Waals surface area contributed by atoms with E-state index in [2.05, 4.69) is 15.3 Å². The molecular weight excluding hydrogens is 456 g/mol. The molecule has 0 fully saturated rings. The summed E-state index contributed by atoms with van der Waals surface area (Å²) in [6.07, 6.45) is 0.103. The van der Waals surface area contributed by atoms with Crippen LogP contribution in [0.4, 0.5) is 5.95 Å². The van der Waals surface area contributed by atoms with E-state index in [0.717, 1.165) is 10.3 Å². The van der Waals surface area contributed by atoms with Crippen molar-refractivity contribution in [3.8, 4) is 11.8 Å². The number of carbonyl (C=O) groups excluding carboxylic acids is 4. The Bertz CT molecular complexity index is 1250. The number of anilines is 1. The van der Waals surface area contributed by atoms with Gasteiger partial charge in [-0.2, -0.15) is 9.97 Å². The summed E-state index contributed by atoms with van der Waals surface area (Å²) >= 11 is 0. The van der Waals surface area contributed by atoms with Crippen LogP contribution in [0.3, 0.4) is 0 Å². The maximum absolute atomic E-state index is 12.9. The van der Waals surface area contributed by atoms with E-state index in [0.29, 0.717) is 16.5 Å². The number of aromatic nitrogens is 2. The van der Waals surface area contributed by atoms with E-state index in [1.807, 2.05) is 12.1 Å². The molecule has 180 valence electrons. The molecule has 0 unspecified atom stereocenters. The fourth-order valence-corrected chi connectivity index (χ4v) is 3.71. The molecule has 35 heavy (non-hydrogen) atoms. The van der Waals surface area contributed by atoms with Gasteiger partial charge < -0.3 is 14.2 Å². The molecule has 0 spiro atoms. The summed E-state index contributed by atoms with van der Waals surface area (Å²) < 4.78 is 15.0. The van der Waals surface area contributed by atoms with Gasteiger partial charge in [0.05, 0.1) is 20.3 Å². The third-order valence-electron chi connectivity index (χ3n) is 5.33. The van der Waals surface area contributed by atoms with Crippen LogP contribution in [0.5, 0.6) is 11.8 Å². The van der Waals surface area contributed by atoms with Gasteiger partial charge in [-0.1, -0.05) is 24.3 Å². The van der Waals surface area contributed by atoms with Crippen LogP contribution in [0.1, 0.15) is 33.6 Å². The first kappa shape index (κ1) is 23.6. The van der Waals surface area contributed by atoms with Gasteiger partial charge >= 0.3 is 5.97 Å². The van der Waals surface area contributed by atoms with Crippen LogP contribution in [-0.2, 0) is 14.3 Å². The van der Waals surface area contributed by atoms with E-state index < -0.39 is 30.3 Å². The largest absolute Gasteiger partial charge is 0.481 e. The van der Waals surface area contributed by atoms with Crippen LogP contribution in [-0.4, -0.2) is 65.9 Å². The summed E-state index contributed by atoms with van der Waals surface area (Å²) in [5.74, 6) is -1.81. The summed E-state index contributed by atoms with van der Waals surface area (Å²) in [7, 11) is 2.80. The standard InChI is InChI=1S/C24H22N4O7/c1-33-18-12-19(34-2)27-24(26-18)25-17(29)13-35-20(30)10-5-11-28-22(31)15-8-3-6-14-7-4-9-16(21(14)15)23(28)32/h3-4,6-9,12H,5,10-11,13H2,1-2H3,(H,25,26,27,29). The summed E-state index contributed by atoms with van der Waals surface area (Å²) in [5, 5.41) is 3.85. The molecule has 4 rings (SSSR count). The number of nitrogens with one attached hydrogen (secondary N) is 1. The number of benzene rings is 2. The van der Waals surface area contributed by atoms with Gasteiger partial charge in [-0.15, -0.1) is 0 Å². The quantitative estimate of drug-likeness (QED) is 0.362. The highest BCUT2D eigenvalue weighted by molar-refractivity contribution is 6.25. The monoisotopic (exact) mass is 478 g/mol. The predicted molar refractivity (Wildman–Crippen MR) is 123 cm³/mol. The van der Waals surface area contributed by atoms with E-state index in [9.17, 15) is 19.2 Å². The molecule has 0 saturated heterocycles. The number of methoxy groups -OCH3 is 2. The Balaban J connectivity index is 1.28. The van der Waals surface area contributed by atoms with Crippen molar-refractivity contribution >= 4 is 40.4 Å². The number of carbonyl (C=O) groups is 4. The molecule has 0 radical (unpaired) electrons. The van der Waals surface area contributed by atoms with Gasteiger partial charge in [-0.25, -0.2) is 0 Å². The zero-order valence-corrected chi connectivity index (χ0v) is 19.1. The second-order valence-corrected chi connectivity index (χ2v) is 7.56. The van der Waals surface area contributed by atoms with Gasteiger partial charge in [0.2, 0.25) is 17.7 Å². The highest BCUT2D eigenvalue weighted by atomic mass is 16.5. The number of hydrogen-bond donors (Lipinski definition) is 1. The average molecular weight is 478 g/mol. The van der Waals surface area contributed by atoms with E-state index >= 15 is 0 Å². The molecule has 1 aliphatic heterocycles. The average Bonchev–Trinajstić information content (AvgIpc) is 2.87. The topological polar surface area (TPSA) is 137 Å². The van der Waals surface area contributed by atoms with Gasteiger partial charge in [0.15, 0.2) is 6.61 Å². The summed E-state index contributed by atoms with van der Waals surface area (Å²) in [4.78, 5) is 59.0. The Morgan fingerprint density at radius 3 is 2.11 bits per heavy atom. The third-order valence-corrected chi connectivity index (χ3v) is 5.33.